The number of carbonyl (C=O) groups excluding carboxylic acids is 1. The molecule has 0 bridgehead atoms. The summed E-state index contributed by atoms with van der Waals surface area (Å²) < 4.78 is 0. The summed E-state index contributed by atoms with van der Waals surface area (Å²) in [5, 5.41) is 0. The first kappa shape index (κ1) is 12.4. The number of hydrogen-bond acceptors (Lipinski definition) is 3. The van der Waals surface area contributed by atoms with Crippen LogP contribution in [0.5, 0.6) is 0 Å². The number of fused-ring (bicyclic) bond motifs is 3. The van der Waals surface area contributed by atoms with Gasteiger partial charge in [-0.15, -0.1) is 0 Å². The minimum atomic E-state index is 0.196. The Labute approximate surface area is 120 Å². The van der Waals surface area contributed by atoms with Crippen LogP contribution in [0.1, 0.15) is 34.9 Å². The first-order valence-corrected chi connectivity index (χ1v) is 7.71. The molecule has 4 heteroatoms. The maximum atomic E-state index is 12.4. The molecule has 1 aromatic carbocycles. The van der Waals surface area contributed by atoms with Crippen LogP contribution in [0.2, 0.25) is 0 Å². The van der Waals surface area contributed by atoms with Crippen molar-refractivity contribution in [2.75, 3.05) is 39.3 Å². The monoisotopic (exact) mass is 271 g/mol. The summed E-state index contributed by atoms with van der Waals surface area (Å²) in [7, 11) is 0. The molecule has 106 valence electrons. The SMILES string of the molecule is O=C1c2ccccc2C2N(CCN3CCCC3)CCN12. The summed E-state index contributed by atoms with van der Waals surface area (Å²) >= 11 is 0. The van der Waals surface area contributed by atoms with Crippen molar-refractivity contribution in [2.24, 2.45) is 0 Å². The largest absolute Gasteiger partial charge is 0.317 e. The van der Waals surface area contributed by atoms with Gasteiger partial charge in [0.15, 0.2) is 0 Å². The van der Waals surface area contributed by atoms with Gasteiger partial charge in [0.25, 0.3) is 5.91 Å². The number of hydrogen-bond donors (Lipinski definition) is 0. The topological polar surface area (TPSA) is 26.8 Å². The van der Waals surface area contributed by atoms with Crippen LogP contribution in [0.3, 0.4) is 0 Å². The predicted octanol–water partition coefficient (Wildman–Crippen LogP) is 1.55. The molecule has 0 spiro atoms. The molecule has 2 saturated heterocycles. The van der Waals surface area contributed by atoms with Gasteiger partial charge < -0.3 is 9.80 Å². The third-order valence-corrected chi connectivity index (χ3v) is 4.90. The average molecular weight is 271 g/mol. The lowest BCUT2D eigenvalue weighted by molar-refractivity contribution is 0.0693. The molecule has 1 amide bonds. The van der Waals surface area contributed by atoms with E-state index in [0.717, 1.165) is 31.7 Å². The van der Waals surface area contributed by atoms with Gasteiger partial charge in [-0.1, -0.05) is 18.2 Å². The fourth-order valence-corrected chi connectivity index (χ4v) is 3.84. The van der Waals surface area contributed by atoms with E-state index in [1.54, 1.807) is 0 Å². The van der Waals surface area contributed by atoms with Crippen molar-refractivity contribution in [3.05, 3.63) is 35.4 Å². The van der Waals surface area contributed by atoms with E-state index in [-0.39, 0.29) is 12.1 Å². The minimum Gasteiger partial charge on any atom is -0.317 e. The Morgan fingerprint density at radius 3 is 2.65 bits per heavy atom. The summed E-state index contributed by atoms with van der Waals surface area (Å²) in [6, 6.07) is 8.10. The van der Waals surface area contributed by atoms with E-state index in [0.29, 0.717) is 0 Å². The highest BCUT2D eigenvalue weighted by Crippen LogP contribution is 2.39. The first-order chi connectivity index (χ1) is 9.84. The Hall–Kier alpha value is -1.39. The molecular formula is C16H21N3O. The molecule has 3 aliphatic rings. The second-order valence-electron chi connectivity index (χ2n) is 6.04. The highest BCUT2D eigenvalue weighted by atomic mass is 16.2. The van der Waals surface area contributed by atoms with Gasteiger partial charge in [0, 0.05) is 37.3 Å². The van der Waals surface area contributed by atoms with Crippen molar-refractivity contribution in [2.45, 2.75) is 19.0 Å². The van der Waals surface area contributed by atoms with Gasteiger partial charge in [0.2, 0.25) is 0 Å². The van der Waals surface area contributed by atoms with Crippen LogP contribution < -0.4 is 0 Å². The zero-order valence-corrected chi connectivity index (χ0v) is 11.8. The van der Waals surface area contributed by atoms with Crippen LogP contribution in [0.25, 0.3) is 0 Å². The highest BCUT2D eigenvalue weighted by molar-refractivity contribution is 5.99. The highest BCUT2D eigenvalue weighted by Gasteiger charge is 2.43. The molecule has 4 nitrogen and oxygen atoms in total. The van der Waals surface area contributed by atoms with Crippen molar-refractivity contribution in [3.63, 3.8) is 0 Å². The van der Waals surface area contributed by atoms with E-state index in [1.807, 2.05) is 23.1 Å². The Kier molecular flexibility index (Phi) is 3.00. The Morgan fingerprint density at radius 1 is 1.00 bits per heavy atom. The molecule has 1 aromatic rings. The molecule has 3 heterocycles. The Morgan fingerprint density at radius 2 is 1.80 bits per heavy atom. The van der Waals surface area contributed by atoms with Crippen LogP contribution in [0, 0.1) is 0 Å². The van der Waals surface area contributed by atoms with Crippen LogP contribution in [-0.2, 0) is 0 Å². The van der Waals surface area contributed by atoms with Crippen LogP contribution in [0.4, 0.5) is 0 Å². The molecule has 0 aliphatic carbocycles. The molecule has 0 saturated carbocycles. The number of rotatable bonds is 3. The fourth-order valence-electron chi connectivity index (χ4n) is 3.84. The van der Waals surface area contributed by atoms with Gasteiger partial charge in [-0.2, -0.15) is 0 Å². The normalized spacial score (nSPS) is 26.3. The summed E-state index contributed by atoms with van der Waals surface area (Å²) in [6.45, 7) is 6.59. The zero-order valence-electron chi connectivity index (χ0n) is 11.8. The molecule has 1 unspecified atom stereocenters. The fraction of sp³-hybridized carbons (Fsp3) is 0.562. The third-order valence-electron chi connectivity index (χ3n) is 4.90. The van der Waals surface area contributed by atoms with E-state index < -0.39 is 0 Å². The van der Waals surface area contributed by atoms with Gasteiger partial charge in [0.1, 0.15) is 6.17 Å². The Balaban J connectivity index is 1.51. The number of likely N-dealkylation sites (tertiary alicyclic amines) is 1. The molecule has 3 aliphatic heterocycles. The van der Waals surface area contributed by atoms with E-state index in [2.05, 4.69) is 15.9 Å². The van der Waals surface area contributed by atoms with Gasteiger partial charge in [-0.25, -0.2) is 0 Å². The van der Waals surface area contributed by atoms with E-state index in [9.17, 15) is 4.79 Å². The van der Waals surface area contributed by atoms with Gasteiger partial charge in [-0.05, 0) is 32.0 Å². The third kappa shape index (κ3) is 1.86. The average Bonchev–Trinajstić information content (AvgIpc) is 3.17. The number of carbonyl (C=O) groups is 1. The molecular weight excluding hydrogens is 250 g/mol. The number of amides is 1. The summed E-state index contributed by atoms with van der Waals surface area (Å²) in [4.78, 5) is 19.4. The van der Waals surface area contributed by atoms with Crippen molar-refractivity contribution in [3.8, 4) is 0 Å². The van der Waals surface area contributed by atoms with Crippen LogP contribution in [0.15, 0.2) is 24.3 Å². The van der Waals surface area contributed by atoms with Gasteiger partial charge >= 0.3 is 0 Å². The van der Waals surface area contributed by atoms with Gasteiger partial charge in [0.05, 0.1) is 0 Å². The molecule has 0 radical (unpaired) electrons. The van der Waals surface area contributed by atoms with Crippen LogP contribution >= 0.6 is 0 Å². The summed E-state index contributed by atoms with van der Waals surface area (Å²) in [5.41, 5.74) is 2.11. The zero-order chi connectivity index (χ0) is 13.5. The molecule has 1 atom stereocenters. The predicted molar refractivity (Wildman–Crippen MR) is 77.5 cm³/mol. The van der Waals surface area contributed by atoms with E-state index in [4.69, 9.17) is 0 Å². The second-order valence-corrected chi connectivity index (χ2v) is 6.04. The van der Waals surface area contributed by atoms with Crippen molar-refractivity contribution < 1.29 is 4.79 Å². The molecule has 4 rings (SSSR count). The quantitative estimate of drug-likeness (QED) is 0.834. The molecule has 20 heavy (non-hydrogen) atoms. The summed E-state index contributed by atoms with van der Waals surface area (Å²) in [5.74, 6) is 0.217. The minimum absolute atomic E-state index is 0.196. The van der Waals surface area contributed by atoms with Crippen molar-refractivity contribution in [1.82, 2.24) is 14.7 Å². The standard InChI is InChI=1S/C16H21N3O/c20-16-14-6-2-1-5-13(14)15-18(11-12-19(15)16)10-9-17-7-3-4-8-17/h1-2,5-6,15H,3-4,7-12H2. The number of benzene rings is 1. The molecule has 0 aromatic heterocycles. The first-order valence-electron chi connectivity index (χ1n) is 7.71. The molecule has 0 N–H and O–H groups in total. The van der Waals surface area contributed by atoms with Crippen molar-refractivity contribution >= 4 is 5.91 Å². The maximum Gasteiger partial charge on any atom is 0.255 e. The Bertz CT molecular complexity index is 524. The van der Waals surface area contributed by atoms with Gasteiger partial charge in [-0.3, -0.25) is 9.69 Å². The van der Waals surface area contributed by atoms with E-state index in [1.165, 1.54) is 31.5 Å². The smallest absolute Gasteiger partial charge is 0.255 e. The molecule has 2 fully saturated rings. The van der Waals surface area contributed by atoms with E-state index >= 15 is 0 Å². The van der Waals surface area contributed by atoms with Crippen molar-refractivity contribution in [1.29, 1.82) is 0 Å². The lowest BCUT2D eigenvalue weighted by Crippen LogP contribution is -2.35. The maximum absolute atomic E-state index is 12.4. The summed E-state index contributed by atoms with van der Waals surface area (Å²) in [6.07, 6.45) is 2.88. The van der Waals surface area contributed by atoms with Crippen LogP contribution in [-0.4, -0.2) is 59.9 Å². The number of nitrogens with zero attached hydrogens (tertiary/aromatic N) is 3. The lowest BCUT2D eigenvalue weighted by atomic mass is 10.1. The second kappa shape index (κ2) is 4.86. The lowest BCUT2D eigenvalue weighted by Gasteiger charge is -2.27.